The van der Waals surface area contributed by atoms with E-state index in [2.05, 4.69) is 17.6 Å². The van der Waals surface area contributed by atoms with E-state index in [-0.39, 0.29) is 17.6 Å². The fraction of sp³-hybridized carbons (Fsp3) is 0.533. The summed E-state index contributed by atoms with van der Waals surface area (Å²) in [6, 6.07) is 4.60. The molecule has 1 amide bonds. The maximum Gasteiger partial charge on any atom is 0.292 e. The van der Waals surface area contributed by atoms with E-state index in [0.717, 1.165) is 31.6 Å². The fourth-order valence-electron chi connectivity index (χ4n) is 2.71. The van der Waals surface area contributed by atoms with Crippen LogP contribution in [-0.4, -0.2) is 23.9 Å². The highest BCUT2D eigenvalue weighted by Gasteiger charge is 2.21. The molecule has 1 aliphatic rings. The average Bonchev–Trinajstić information content (AvgIpc) is 2.48. The Labute approximate surface area is 124 Å². The zero-order valence-corrected chi connectivity index (χ0v) is 12.4. The Bertz CT molecular complexity index is 537. The first kappa shape index (κ1) is 15.3. The molecule has 0 heterocycles. The van der Waals surface area contributed by atoms with Crippen molar-refractivity contribution in [1.29, 1.82) is 0 Å². The highest BCUT2D eigenvalue weighted by atomic mass is 16.6. The van der Waals surface area contributed by atoms with Crippen molar-refractivity contribution in [2.75, 3.05) is 12.4 Å². The smallest absolute Gasteiger partial charge is 0.292 e. The molecular weight excluding hydrogens is 270 g/mol. The fourth-order valence-corrected chi connectivity index (χ4v) is 2.71. The van der Waals surface area contributed by atoms with E-state index in [1.54, 1.807) is 7.05 Å². The number of amides is 1. The van der Waals surface area contributed by atoms with Gasteiger partial charge in [0.1, 0.15) is 5.69 Å². The Balaban J connectivity index is 2.07. The molecule has 114 valence electrons. The van der Waals surface area contributed by atoms with Gasteiger partial charge in [0.25, 0.3) is 11.6 Å². The van der Waals surface area contributed by atoms with Crippen molar-refractivity contribution in [2.24, 2.45) is 5.92 Å². The van der Waals surface area contributed by atoms with E-state index >= 15 is 0 Å². The Morgan fingerprint density at radius 1 is 1.29 bits per heavy atom. The number of anilines is 1. The van der Waals surface area contributed by atoms with Crippen molar-refractivity contribution >= 4 is 17.3 Å². The molecule has 0 unspecified atom stereocenters. The van der Waals surface area contributed by atoms with Crippen LogP contribution in [0.15, 0.2) is 18.2 Å². The molecule has 1 fully saturated rings. The van der Waals surface area contributed by atoms with E-state index in [0.29, 0.717) is 11.3 Å². The number of nitro groups is 1. The molecule has 0 aromatic heterocycles. The van der Waals surface area contributed by atoms with Gasteiger partial charge in [0, 0.05) is 24.7 Å². The van der Waals surface area contributed by atoms with Gasteiger partial charge in [-0.1, -0.05) is 6.92 Å². The first-order valence-electron chi connectivity index (χ1n) is 7.28. The van der Waals surface area contributed by atoms with Gasteiger partial charge in [-0.15, -0.1) is 0 Å². The third-order valence-corrected chi connectivity index (χ3v) is 4.08. The summed E-state index contributed by atoms with van der Waals surface area (Å²) in [6.07, 6.45) is 4.26. The lowest BCUT2D eigenvalue weighted by molar-refractivity contribution is -0.383. The summed E-state index contributed by atoms with van der Waals surface area (Å²) in [5.74, 6) is 0.564. The Morgan fingerprint density at radius 2 is 1.95 bits per heavy atom. The summed E-state index contributed by atoms with van der Waals surface area (Å²) in [7, 11) is 1.60. The van der Waals surface area contributed by atoms with E-state index in [1.807, 2.05) is 0 Å². The third kappa shape index (κ3) is 3.71. The van der Waals surface area contributed by atoms with Crippen molar-refractivity contribution in [3.63, 3.8) is 0 Å². The summed E-state index contributed by atoms with van der Waals surface area (Å²) in [5, 5.41) is 16.7. The van der Waals surface area contributed by atoms with Gasteiger partial charge in [-0.2, -0.15) is 0 Å². The minimum absolute atomic E-state index is 0.0273. The molecule has 6 heteroatoms. The molecule has 0 spiro atoms. The number of benzene rings is 1. The van der Waals surface area contributed by atoms with Crippen LogP contribution in [0.2, 0.25) is 0 Å². The minimum atomic E-state index is -0.462. The molecule has 2 rings (SSSR count). The molecule has 0 atom stereocenters. The second-order valence-corrected chi connectivity index (χ2v) is 5.67. The van der Waals surface area contributed by atoms with Crippen LogP contribution in [-0.2, 0) is 0 Å². The first-order valence-corrected chi connectivity index (χ1v) is 7.28. The molecule has 0 radical (unpaired) electrons. The minimum Gasteiger partial charge on any atom is -0.383 e. The number of carbonyl (C=O) groups excluding carboxylic acids is 1. The lowest BCUT2D eigenvalue weighted by Crippen LogP contribution is -2.37. The zero-order chi connectivity index (χ0) is 15.4. The summed E-state index contributed by atoms with van der Waals surface area (Å²) in [6.45, 7) is 2.23. The summed E-state index contributed by atoms with van der Waals surface area (Å²) in [4.78, 5) is 22.6. The summed E-state index contributed by atoms with van der Waals surface area (Å²) < 4.78 is 0. The standard InChI is InChI=1S/C15H21N3O3/c1-10-3-6-12(7-4-10)17-15(19)11-5-8-14(18(20)21)13(9-11)16-2/h5,8-10,12,16H,3-4,6-7H2,1-2H3,(H,17,19). The van der Waals surface area contributed by atoms with Crippen LogP contribution in [0.4, 0.5) is 11.4 Å². The Kier molecular flexibility index (Phi) is 4.77. The van der Waals surface area contributed by atoms with Crippen LogP contribution in [0.1, 0.15) is 43.0 Å². The molecule has 0 bridgehead atoms. The van der Waals surface area contributed by atoms with Gasteiger partial charge in [-0.25, -0.2) is 0 Å². The van der Waals surface area contributed by atoms with E-state index < -0.39 is 4.92 Å². The topological polar surface area (TPSA) is 84.3 Å². The van der Waals surface area contributed by atoms with Crippen LogP contribution in [0.25, 0.3) is 0 Å². The third-order valence-electron chi connectivity index (χ3n) is 4.08. The predicted molar refractivity (Wildman–Crippen MR) is 81.5 cm³/mol. The number of nitrogens with one attached hydrogen (secondary N) is 2. The summed E-state index contributed by atoms with van der Waals surface area (Å²) in [5.41, 5.74) is 0.772. The maximum absolute atomic E-state index is 12.2. The monoisotopic (exact) mass is 291 g/mol. The average molecular weight is 291 g/mol. The van der Waals surface area contributed by atoms with Crippen molar-refractivity contribution < 1.29 is 9.72 Å². The SMILES string of the molecule is CNc1cc(C(=O)NC2CCC(C)CC2)ccc1[N+](=O)[O-]. The molecule has 0 saturated heterocycles. The maximum atomic E-state index is 12.2. The van der Waals surface area contributed by atoms with Crippen LogP contribution in [0.3, 0.4) is 0 Å². The second-order valence-electron chi connectivity index (χ2n) is 5.67. The largest absolute Gasteiger partial charge is 0.383 e. The van der Waals surface area contributed by atoms with Gasteiger partial charge in [-0.3, -0.25) is 14.9 Å². The van der Waals surface area contributed by atoms with Crippen LogP contribution >= 0.6 is 0 Å². The molecule has 2 N–H and O–H groups in total. The van der Waals surface area contributed by atoms with Gasteiger partial charge >= 0.3 is 0 Å². The van der Waals surface area contributed by atoms with Gasteiger partial charge in [-0.05, 0) is 43.7 Å². The van der Waals surface area contributed by atoms with E-state index in [9.17, 15) is 14.9 Å². The van der Waals surface area contributed by atoms with E-state index in [4.69, 9.17) is 0 Å². The zero-order valence-electron chi connectivity index (χ0n) is 12.4. The number of rotatable bonds is 4. The number of carbonyl (C=O) groups is 1. The van der Waals surface area contributed by atoms with Crippen molar-refractivity contribution in [3.8, 4) is 0 Å². The predicted octanol–water partition coefficient (Wildman–Crippen LogP) is 2.95. The quantitative estimate of drug-likeness (QED) is 0.660. The Morgan fingerprint density at radius 3 is 2.52 bits per heavy atom. The molecule has 1 aliphatic carbocycles. The molecule has 1 aromatic carbocycles. The second kappa shape index (κ2) is 6.56. The van der Waals surface area contributed by atoms with Gasteiger partial charge in [0.15, 0.2) is 0 Å². The normalized spacial score (nSPS) is 21.6. The molecule has 1 saturated carbocycles. The molecule has 0 aliphatic heterocycles. The molecule has 6 nitrogen and oxygen atoms in total. The van der Waals surface area contributed by atoms with Gasteiger partial charge in [0.2, 0.25) is 0 Å². The van der Waals surface area contributed by atoms with Crippen molar-refractivity contribution in [3.05, 3.63) is 33.9 Å². The highest BCUT2D eigenvalue weighted by molar-refractivity contribution is 5.96. The molecular formula is C15H21N3O3. The number of nitro benzene ring substituents is 1. The van der Waals surface area contributed by atoms with Crippen LogP contribution < -0.4 is 10.6 Å². The van der Waals surface area contributed by atoms with Crippen molar-refractivity contribution in [1.82, 2.24) is 5.32 Å². The first-order chi connectivity index (χ1) is 10.0. The summed E-state index contributed by atoms with van der Waals surface area (Å²) >= 11 is 0. The van der Waals surface area contributed by atoms with E-state index in [1.165, 1.54) is 18.2 Å². The van der Waals surface area contributed by atoms with Crippen LogP contribution in [0, 0.1) is 16.0 Å². The van der Waals surface area contributed by atoms with Gasteiger partial charge < -0.3 is 10.6 Å². The number of nitrogens with zero attached hydrogens (tertiary/aromatic N) is 1. The lowest BCUT2D eigenvalue weighted by atomic mass is 9.87. The number of hydrogen-bond donors (Lipinski definition) is 2. The Hall–Kier alpha value is -2.11. The molecule has 21 heavy (non-hydrogen) atoms. The molecule has 1 aromatic rings. The highest BCUT2D eigenvalue weighted by Crippen LogP contribution is 2.26. The van der Waals surface area contributed by atoms with Crippen LogP contribution in [0.5, 0.6) is 0 Å². The number of hydrogen-bond acceptors (Lipinski definition) is 4. The lowest BCUT2D eigenvalue weighted by Gasteiger charge is -2.26. The van der Waals surface area contributed by atoms with Gasteiger partial charge in [0.05, 0.1) is 4.92 Å². The van der Waals surface area contributed by atoms with Crippen molar-refractivity contribution in [2.45, 2.75) is 38.6 Å².